The zero-order valence-electron chi connectivity index (χ0n) is 11.2. The molecule has 1 fully saturated rings. The van der Waals surface area contributed by atoms with Crippen molar-refractivity contribution in [2.75, 3.05) is 6.54 Å². The molecule has 1 rings (SSSR count). The van der Waals surface area contributed by atoms with Gasteiger partial charge in [0.2, 0.25) is 5.91 Å². The summed E-state index contributed by atoms with van der Waals surface area (Å²) in [7, 11) is 0. The van der Waals surface area contributed by atoms with Crippen molar-refractivity contribution in [3.8, 4) is 12.3 Å². The van der Waals surface area contributed by atoms with Crippen molar-refractivity contribution in [1.82, 2.24) is 5.32 Å². The number of carbonyl (C=O) groups is 1. The first-order valence-electron chi connectivity index (χ1n) is 7.09. The molecular weight excluding hydrogens is 226 g/mol. The van der Waals surface area contributed by atoms with E-state index >= 15 is 0 Å². The maximum Gasteiger partial charge on any atom is 0.220 e. The summed E-state index contributed by atoms with van der Waals surface area (Å²) in [4.78, 5) is 11.6. The van der Waals surface area contributed by atoms with Crippen molar-refractivity contribution in [2.24, 2.45) is 0 Å². The fourth-order valence-corrected chi connectivity index (χ4v) is 2.43. The molecule has 0 bridgehead atoms. The first-order valence-corrected chi connectivity index (χ1v) is 7.09. The second-order valence-corrected chi connectivity index (χ2v) is 5.33. The Kier molecular flexibility index (Phi) is 6.82. The normalized spacial score (nSPS) is 18.7. The van der Waals surface area contributed by atoms with Crippen molar-refractivity contribution < 1.29 is 9.90 Å². The summed E-state index contributed by atoms with van der Waals surface area (Å²) in [6.45, 7) is 0.404. The Hall–Kier alpha value is -1.01. The van der Waals surface area contributed by atoms with Crippen molar-refractivity contribution in [3.05, 3.63) is 0 Å². The molecule has 2 N–H and O–H groups in total. The minimum Gasteiger partial charge on any atom is -0.388 e. The molecule has 0 aliphatic heterocycles. The topological polar surface area (TPSA) is 49.3 Å². The molecule has 0 atom stereocenters. The van der Waals surface area contributed by atoms with Crippen LogP contribution in [0.25, 0.3) is 0 Å². The number of hydrogen-bond donors (Lipinski definition) is 2. The van der Waals surface area contributed by atoms with Crippen LogP contribution >= 0.6 is 0 Å². The van der Waals surface area contributed by atoms with Crippen LogP contribution in [0, 0.1) is 12.3 Å². The summed E-state index contributed by atoms with van der Waals surface area (Å²) in [6, 6.07) is 0. The standard InChI is InChI=1S/C15H25NO2/c1-2-3-4-7-10-14(17)16-13-15(18)11-8-5-6-9-12-15/h1,18H,3-13H2,(H,16,17). The summed E-state index contributed by atoms with van der Waals surface area (Å²) in [5.41, 5.74) is -0.676. The zero-order chi connectivity index (χ0) is 13.3. The molecule has 1 saturated carbocycles. The molecule has 0 aromatic heterocycles. The number of aliphatic hydroxyl groups is 1. The third-order valence-corrected chi connectivity index (χ3v) is 3.62. The van der Waals surface area contributed by atoms with Gasteiger partial charge in [-0.05, 0) is 25.7 Å². The molecule has 0 heterocycles. The van der Waals surface area contributed by atoms with Crippen LogP contribution in [-0.4, -0.2) is 23.2 Å². The van der Waals surface area contributed by atoms with E-state index < -0.39 is 5.60 Å². The third-order valence-electron chi connectivity index (χ3n) is 3.62. The van der Waals surface area contributed by atoms with Crippen molar-refractivity contribution in [2.45, 2.75) is 69.8 Å². The van der Waals surface area contributed by atoms with Gasteiger partial charge < -0.3 is 10.4 Å². The van der Waals surface area contributed by atoms with E-state index in [1.165, 1.54) is 12.8 Å². The quantitative estimate of drug-likeness (QED) is 0.432. The minimum atomic E-state index is -0.676. The number of terminal acetylenes is 1. The SMILES string of the molecule is C#CCCCCC(=O)NCC1(O)CCCCCC1. The van der Waals surface area contributed by atoms with E-state index in [0.717, 1.165) is 44.9 Å². The molecule has 3 heteroatoms. The molecule has 0 saturated heterocycles. The van der Waals surface area contributed by atoms with Crippen molar-refractivity contribution >= 4 is 5.91 Å². The molecule has 0 unspecified atom stereocenters. The van der Waals surface area contributed by atoms with Gasteiger partial charge in [-0.3, -0.25) is 4.79 Å². The van der Waals surface area contributed by atoms with Crippen LogP contribution in [0.15, 0.2) is 0 Å². The molecule has 1 aliphatic carbocycles. The van der Waals surface area contributed by atoms with Gasteiger partial charge in [0.25, 0.3) is 0 Å². The summed E-state index contributed by atoms with van der Waals surface area (Å²) in [5, 5.41) is 13.2. The van der Waals surface area contributed by atoms with Crippen molar-refractivity contribution in [1.29, 1.82) is 0 Å². The van der Waals surface area contributed by atoms with Crippen molar-refractivity contribution in [3.63, 3.8) is 0 Å². The second kappa shape index (κ2) is 8.16. The highest BCUT2D eigenvalue weighted by Crippen LogP contribution is 2.26. The van der Waals surface area contributed by atoms with Gasteiger partial charge in [0.1, 0.15) is 0 Å². The molecule has 0 aromatic rings. The van der Waals surface area contributed by atoms with E-state index in [4.69, 9.17) is 6.42 Å². The summed E-state index contributed by atoms with van der Waals surface area (Å²) in [5.74, 6) is 2.60. The Labute approximate surface area is 110 Å². The molecule has 0 aromatic carbocycles. The molecule has 18 heavy (non-hydrogen) atoms. The van der Waals surface area contributed by atoms with Gasteiger partial charge in [-0.1, -0.05) is 25.7 Å². The van der Waals surface area contributed by atoms with E-state index in [-0.39, 0.29) is 5.91 Å². The van der Waals surface area contributed by atoms with Gasteiger partial charge in [-0.15, -0.1) is 12.3 Å². The maximum absolute atomic E-state index is 11.6. The zero-order valence-corrected chi connectivity index (χ0v) is 11.2. The lowest BCUT2D eigenvalue weighted by molar-refractivity contribution is -0.122. The monoisotopic (exact) mass is 251 g/mol. The Morgan fingerprint density at radius 3 is 2.50 bits per heavy atom. The summed E-state index contributed by atoms with van der Waals surface area (Å²) >= 11 is 0. The largest absolute Gasteiger partial charge is 0.388 e. The maximum atomic E-state index is 11.6. The van der Waals surface area contributed by atoms with E-state index in [0.29, 0.717) is 13.0 Å². The van der Waals surface area contributed by atoms with Crippen LogP contribution in [0.2, 0.25) is 0 Å². The summed E-state index contributed by atoms with van der Waals surface area (Å²) in [6.07, 6.45) is 14.3. The lowest BCUT2D eigenvalue weighted by Gasteiger charge is -2.26. The van der Waals surface area contributed by atoms with Gasteiger partial charge in [0.15, 0.2) is 0 Å². The van der Waals surface area contributed by atoms with Crippen LogP contribution in [0.1, 0.15) is 64.2 Å². The van der Waals surface area contributed by atoms with Crippen LogP contribution < -0.4 is 5.32 Å². The molecular formula is C15H25NO2. The fourth-order valence-electron chi connectivity index (χ4n) is 2.43. The third kappa shape index (κ3) is 6.07. The lowest BCUT2D eigenvalue weighted by atomic mass is 9.94. The van der Waals surface area contributed by atoms with Crippen LogP contribution in [-0.2, 0) is 4.79 Å². The Morgan fingerprint density at radius 1 is 1.22 bits per heavy atom. The van der Waals surface area contributed by atoms with E-state index in [1.54, 1.807) is 0 Å². The number of hydrogen-bond acceptors (Lipinski definition) is 2. The predicted molar refractivity (Wildman–Crippen MR) is 73.0 cm³/mol. The molecule has 0 radical (unpaired) electrons. The minimum absolute atomic E-state index is 0.0321. The Bertz CT molecular complexity index is 285. The van der Waals surface area contributed by atoms with E-state index in [9.17, 15) is 9.90 Å². The van der Waals surface area contributed by atoms with E-state index in [1.807, 2.05) is 0 Å². The smallest absolute Gasteiger partial charge is 0.220 e. The first kappa shape index (κ1) is 15.0. The van der Waals surface area contributed by atoms with Crippen LogP contribution in [0.3, 0.4) is 0 Å². The average Bonchev–Trinajstić information content (AvgIpc) is 2.58. The highest BCUT2D eigenvalue weighted by Gasteiger charge is 2.28. The highest BCUT2D eigenvalue weighted by molar-refractivity contribution is 5.75. The van der Waals surface area contributed by atoms with Gasteiger partial charge >= 0.3 is 0 Å². The van der Waals surface area contributed by atoms with E-state index in [2.05, 4.69) is 11.2 Å². The summed E-state index contributed by atoms with van der Waals surface area (Å²) < 4.78 is 0. The number of nitrogens with one attached hydrogen (secondary N) is 1. The van der Waals surface area contributed by atoms with Crippen LogP contribution in [0.5, 0.6) is 0 Å². The van der Waals surface area contributed by atoms with Gasteiger partial charge in [0.05, 0.1) is 5.60 Å². The molecule has 1 amide bonds. The second-order valence-electron chi connectivity index (χ2n) is 5.33. The molecule has 1 aliphatic rings. The number of unbranched alkanes of at least 4 members (excludes halogenated alkanes) is 2. The van der Waals surface area contributed by atoms with Crippen LogP contribution in [0.4, 0.5) is 0 Å². The average molecular weight is 251 g/mol. The first-order chi connectivity index (χ1) is 8.66. The number of rotatable bonds is 6. The Morgan fingerprint density at radius 2 is 1.89 bits per heavy atom. The number of carbonyl (C=O) groups excluding carboxylic acids is 1. The fraction of sp³-hybridized carbons (Fsp3) is 0.800. The molecule has 3 nitrogen and oxygen atoms in total. The molecule has 102 valence electrons. The predicted octanol–water partition coefficient (Wildman–Crippen LogP) is 2.38. The highest BCUT2D eigenvalue weighted by atomic mass is 16.3. The Balaban J connectivity index is 2.18. The van der Waals surface area contributed by atoms with Gasteiger partial charge in [-0.2, -0.15) is 0 Å². The lowest BCUT2D eigenvalue weighted by Crippen LogP contribution is -2.42. The van der Waals surface area contributed by atoms with Gasteiger partial charge in [0, 0.05) is 19.4 Å². The molecule has 0 spiro atoms. The number of amides is 1. The van der Waals surface area contributed by atoms with Gasteiger partial charge in [-0.25, -0.2) is 0 Å².